The van der Waals surface area contributed by atoms with Gasteiger partial charge in [-0.3, -0.25) is 0 Å². The van der Waals surface area contributed by atoms with E-state index < -0.39 is 7.05 Å². The maximum Gasteiger partial charge on any atom is 0.376 e. The molecule has 2 heterocycles. The van der Waals surface area contributed by atoms with Crippen LogP contribution in [0.4, 0.5) is 10.2 Å². The van der Waals surface area contributed by atoms with Crippen LogP contribution >= 0.6 is 0 Å². The van der Waals surface area contributed by atoms with Crippen molar-refractivity contribution in [1.29, 1.82) is 0 Å². The molecule has 150 valence electrons. The number of aromatic nitrogens is 1. The fourth-order valence-corrected chi connectivity index (χ4v) is 4.02. The summed E-state index contributed by atoms with van der Waals surface area (Å²) in [4.78, 5) is 6.23. The summed E-state index contributed by atoms with van der Waals surface area (Å²) in [7, 11) is -0.449. The zero-order chi connectivity index (χ0) is 20.5. The molecule has 0 amide bonds. The van der Waals surface area contributed by atoms with Crippen molar-refractivity contribution >= 4 is 23.6 Å². The molecule has 29 heavy (non-hydrogen) atoms. The lowest BCUT2D eigenvalue weighted by Crippen LogP contribution is -2.45. The minimum Gasteiger partial charge on any atom is -0.490 e. The van der Waals surface area contributed by atoms with Crippen molar-refractivity contribution in [1.82, 2.24) is 9.79 Å². The normalized spacial score (nSPS) is 15.6. The quantitative estimate of drug-likeness (QED) is 0.659. The van der Waals surface area contributed by atoms with Crippen LogP contribution in [-0.4, -0.2) is 41.1 Å². The molecule has 1 aliphatic rings. The lowest BCUT2D eigenvalue weighted by Gasteiger charge is -2.33. The smallest absolute Gasteiger partial charge is 0.376 e. The van der Waals surface area contributed by atoms with Gasteiger partial charge >= 0.3 is 7.05 Å². The van der Waals surface area contributed by atoms with Gasteiger partial charge in [0.25, 0.3) is 0 Å². The summed E-state index contributed by atoms with van der Waals surface area (Å²) in [5.74, 6) is 0.842. The summed E-state index contributed by atoms with van der Waals surface area (Å²) in [6.45, 7) is 5.23. The molecule has 0 atom stereocenters. The summed E-state index contributed by atoms with van der Waals surface area (Å²) in [5, 5.41) is 11.5. The number of piperidine rings is 1. The van der Waals surface area contributed by atoms with E-state index in [1.165, 1.54) is 6.07 Å². The van der Waals surface area contributed by atoms with Gasteiger partial charge < -0.3 is 20.3 Å². The SMILES string of the molecule is CB(O)N1CCC(Oc2cc(-c3c(C)cccc3F)cc3cnc(N)cc23)CC1. The first-order chi connectivity index (χ1) is 13.9. The molecule has 1 aliphatic heterocycles. The number of ether oxygens (including phenoxy) is 1. The molecule has 1 fully saturated rings. The van der Waals surface area contributed by atoms with Crippen LogP contribution in [0.1, 0.15) is 18.4 Å². The number of hydrogen-bond donors (Lipinski definition) is 2. The molecule has 1 aromatic heterocycles. The third-order valence-electron chi connectivity index (χ3n) is 5.63. The molecular formula is C22H25BFN3O2. The average molecular weight is 393 g/mol. The Morgan fingerprint density at radius 3 is 2.69 bits per heavy atom. The Hall–Kier alpha value is -2.64. The van der Waals surface area contributed by atoms with Crippen LogP contribution < -0.4 is 10.5 Å². The number of anilines is 1. The topological polar surface area (TPSA) is 71.6 Å². The molecule has 0 aliphatic carbocycles. The molecule has 5 nitrogen and oxygen atoms in total. The Morgan fingerprint density at radius 2 is 2.00 bits per heavy atom. The van der Waals surface area contributed by atoms with Crippen molar-refractivity contribution in [2.75, 3.05) is 18.8 Å². The molecule has 1 saturated heterocycles. The molecule has 4 rings (SSSR count). The van der Waals surface area contributed by atoms with Crippen molar-refractivity contribution < 1.29 is 14.2 Å². The Balaban J connectivity index is 1.73. The van der Waals surface area contributed by atoms with Gasteiger partial charge in [0.1, 0.15) is 23.5 Å². The van der Waals surface area contributed by atoms with Crippen LogP contribution in [0.3, 0.4) is 0 Å². The number of nitrogens with zero attached hydrogens (tertiary/aromatic N) is 2. The standard InChI is InChI=1S/C22H25BFN3O2/c1-14-4-3-5-19(24)22(14)15-10-16-13-26-21(25)12-18(16)20(11-15)29-17-6-8-27(9-7-17)23(2)28/h3-5,10-13,17,28H,6-9H2,1-2H3,(H2,25,26). The largest absolute Gasteiger partial charge is 0.490 e. The van der Waals surface area contributed by atoms with Crippen molar-refractivity contribution in [2.24, 2.45) is 0 Å². The number of fused-ring (bicyclic) bond motifs is 1. The van der Waals surface area contributed by atoms with E-state index in [1.807, 2.05) is 29.9 Å². The van der Waals surface area contributed by atoms with Crippen LogP contribution in [0.15, 0.2) is 42.6 Å². The van der Waals surface area contributed by atoms with E-state index in [-0.39, 0.29) is 11.9 Å². The molecule has 0 radical (unpaired) electrons. The average Bonchev–Trinajstić information content (AvgIpc) is 2.69. The maximum absolute atomic E-state index is 14.6. The van der Waals surface area contributed by atoms with Crippen molar-refractivity contribution in [2.45, 2.75) is 32.7 Å². The summed E-state index contributed by atoms with van der Waals surface area (Å²) in [6, 6.07) is 10.7. The predicted molar refractivity (Wildman–Crippen MR) is 115 cm³/mol. The second-order valence-electron chi connectivity index (χ2n) is 7.72. The second-order valence-corrected chi connectivity index (χ2v) is 7.72. The summed E-state index contributed by atoms with van der Waals surface area (Å²) in [5.41, 5.74) is 8.11. The van der Waals surface area contributed by atoms with E-state index in [4.69, 9.17) is 10.5 Å². The first-order valence-electron chi connectivity index (χ1n) is 9.96. The maximum atomic E-state index is 14.6. The molecule has 7 heteroatoms. The molecule has 0 unspecified atom stereocenters. The van der Waals surface area contributed by atoms with Gasteiger partial charge in [-0.05, 0) is 75.1 Å². The van der Waals surface area contributed by atoms with Gasteiger partial charge in [-0.2, -0.15) is 0 Å². The number of hydrogen-bond acceptors (Lipinski definition) is 5. The van der Waals surface area contributed by atoms with Crippen LogP contribution in [-0.2, 0) is 0 Å². The van der Waals surface area contributed by atoms with Gasteiger partial charge in [0.2, 0.25) is 0 Å². The Labute approximate surface area is 170 Å². The lowest BCUT2D eigenvalue weighted by molar-refractivity contribution is 0.130. The number of nitrogen functional groups attached to an aromatic ring is 1. The van der Waals surface area contributed by atoms with Crippen LogP contribution in [0, 0.1) is 12.7 Å². The molecule has 0 saturated carbocycles. The number of benzene rings is 2. The van der Waals surface area contributed by atoms with E-state index in [2.05, 4.69) is 4.98 Å². The van der Waals surface area contributed by atoms with Gasteiger partial charge in [-0.25, -0.2) is 9.37 Å². The Bertz CT molecular complexity index is 1020. The van der Waals surface area contributed by atoms with Crippen LogP contribution in [0.25, 0.3) is 21.9 Å². The van der Waals surface area contributed by atoms with Crippen molar-refractivity contribution in [3.63, 3.8) is 0 Å². The molecule has 3 aromatic rings. The zero-order valence-corrected chi connectivity index (χ0v) is 16.7. The Kier molecular flexibility index (Phi) is 5.43. The van der Waals surface area contributed by atoms with E-state index in [0.717, 1.165) is 47.8 Å². The first-order valence-corrected chi connectivity index (χ1v) is 9.96. The van der Waals surface area contributed by atoms with Gasteiger partial charge in [0.05, 0.1) is 0 Å². The van der Waals surface area contributed by atoms with Crippen LogP contribution in [0.2, 0.25) is 6.82 Å². The molecule has 2 aromatic carbocycles. The fraction of sp³-hybridized carbons (Fsp3) is 0.318. The summed E-state index contributed by atoms with van der Waals surface area (Å²) >= 11 is 0. The highest BCUT2D eigenvalue weighted by Gasteiger charge is 2.25. The van der Waals surface area contributed by atoms with Crippen LogP contribution in [0.5, 0.6) is 5.75 Å². The van der Waals surface area contributed by atoms with Gasteiger partial charge in [-0.1, -0.05) is 12.1 Å². The second kappa shape index (κ2) is 8.01. The summed E-state index contributed by atoms with van der Waals surface area (Å²) < 4.78 is 21.0. The highest BCUT2D eigenvalue weighted by atomic mass is 19.1. The van der Waals surface area contributed by atoms with E-state index in [1.54, 1.807) is 25.2 Å². The number of rotatable bonds is 4. The number of nitrogens with two attached hydrogens (primary N) is 1. The van der Waals surface area contributed by atoms with Crippen molar-refractivity contribution in [3.8, 4) is 16.9 Å². The Morgan fingerprint density at radius 1 is 1.24 bits per heavy atom. The number of aryl methyl sites for hydroxylation is 1. The number of halogens is 1. The predicted octanol–water partition coefficient (Wildman–Crippen LogP) is 3.89. The molecular weight excluding hydrogens is 368 g/mol. The van der Waals surface area contributed by atoms with E-state index in [0.29, 0.717) is 17.1 Å². The van der Waals surface area contributed by atoms with Gasteiger partial charge in [0, 0.05) is 22.5 Å². The van der Waals surface area contributed by atoms with Gasteiger partial charge in [-0.15, -0.1) is 0 Å². The minimum absolute atomic E-state index is 0.0274. The molecule has 0 bridgehead atoms. The zero-order valence-electron chi connectivity index (χ0n) is 16.7. The third-order valence-corrected chi connectivity index (χ3v) is 5.63. The highest BCUT2D eigenvalue weighted by Crippen LogP contribution is 2.36. The molecule has 3 N–H and O–H groups in total. The minimum atomic E-state index is -0.449. The number of pyridine rings is 1. The van der Waals surface area contributed by atoms with E-state index in [9.17, 15) is 9.41 Å². The first kappa shape index (κ1) is 19.7. The summed E-state index contributed by atoms with van der Waals surface area (Å²) in [6.07, 6.45) is 3.36. The lowest BCUT2D eigenvalue weighted by atomic mass is 9.82. The molecule has 0 spiro atoms. The highest BCUT2D eigenvalue weighted by molar-refractivity contribution is 6.45. The van der Waals surface area contributed by atoms with E-state index >= 15 is 0 Å². The van der Waals surface area contributed by atoms with Crippen molar-refractivity contribution in [3.05, 3.63) is 54.0 Å². The third kappa shape index (κ3) is 4.06. The van der Waals surface area contributed by atoms with Gasteiger partial charge in [0.15, 0.2) is 0 Å². The monoisotopic (exact) mass is 393 g/mol. The fourth-order valence-electron chi connectivity index (χ4n) is 4.02.